The summed E-state index contributed by atoms with van der Waals surface area (Å²) in [5.74, 6) is 2.66. The largest absolute Gasteiger partial charge is 0.338 e. The Morgan fingerprint density at radius 2 is 1.77 bits per heavy atom. The lowest BCUT2D eigenvalue weighted by Gasteiger charge is -2.57. The van der Waals surface area contributed by atoms with Crippen LogP contribution in [0.2, 0.25) is 0 Å². The predicted octanol–water partition coefficient (Wildman–Crippen LogP) is 3.60. The van der Waals surface area contributed by atoms with Crippen molar-refractivity contribution in [1.82, 2.24) is 19.8 Å². The molecule has 1 saturated carbocycles. The first-order chi connectivity index (χ1) is 14.6. The number of hydrogen-bond acceptors (Lipinski definition) is 4. The van der Waals surface area contributed by atoms with Crippen molar-refractivity contribution < 1.29 is 9.59 Å². The van der Waals surface area contributed by atoms with Gasteiger partial charge in [-0.3, -0.25) is 9.59 Å². The molecule has 4 heterocycles. The second kappa shape index (κ2) is 8.27. The van der Waals surface area contributed by atoms with E-state index in [9.17, 15) is 9.59 Å². The fourth-order valence-electron chi connectivity index (χ4n) is 6.69. The van der Waals surface area contributed by atoms with Crippen molar-refractivity contribution in [3.8, 4) is 0 Å². The summed E-state index contributed by atoms with van der Waals surface area (Å²) in [4.78, 5) is 39.0. The number of aromatic nitrogens is 2. The molecule has 4 fully saturated rings. The molecular formula is C24H34N4O2. The molecule has 1 aromatic heterocycles. The van der Waals surface area contributed by atoms with Crippen molar-refractivity contribution >= 4 is 11.8 Å². The van der Waals surface area contributed by atoms with E-state index in [0.29, 0.717) is 47.6 Å². The molecule has 0 unspecified atom stereocenters. The Hall–Kier alpha value is -1.98. The van der Waals surface area contributed by atoms with Gasteiger partial charge in [0.05, 0.1) is 5.56 Å². The monoisotopic (exact) mass is 410 g/mol. The number of rotatable bonds is 3. The highest BCUT2D eigenvalue weighted by molar-refractivity contribution is 5.93. The fourth-order valence-corrected chi connectivity index (χ4v) is 6.69. The fraction of sp³-hybridized carbons (Fsp3) is 0.750. The summed E-state index contributed by atoms with van der Waals surface area (Å²) in [6.07, 6.45) is 15.1. The molecule has 0 aromatic carbocycles. The second-order valence-corrected chi connectivity index (χ2v) is 10.1. The molecule has 0 N–H and O–H groups in total. The highest BCUT2D eigenvalue weighted by atomic mass is 16.2. The molecule has 6 heteroatoms. The molecule has 4 aliphatic rings. The van der Waals surface area contributed by atoms with E-state index in [0.717, 1.165) is 38.3 Å². The van der Waals surface area contributed by atoms with Crippen molar-refractivity contribution in [2.75, 3.05) is 13.1 Å². The number of aryl methyl sites for hydroxylation is 1. The summed E-state index contributed by atoms with van der Waals surface area (Å²) in [6, 6.07) is 0.632. The van der Waals surface area contributed by atoms with Gasteiger partial charge in [-0.2, -0.15) is 0 Å². The molecule has 3 saturated heterocycles. The molecule has 4 atom stereocenters. The quantitative estimate of drug-likeness (QED) is 0.764. The third-order valence-electron chi connectivity index (χ3n) is 8.11. The van der Waals surface area contributed by atoms with Gasteiger partial charge in [0.15, 0.2) is 0 Å². The highest BCUT2D eigenvalue weighted by Crippen LogP contribution is 2.44. The molecule has 0 radical (unpaired) electrons. The molecule has 5 rings (SSSR count). The number of fused-ring (bicyclic) bond motifs is 4. The van der Waals surface area contributed by atoms with Crippen LogP contribution in [0.25, 0.3) is 0 Å². The van der Waals surface area contributed by atoms with E-state index < -0.39 is 0 Å². The summed E-state index contributed by atoms with van der Waals surface area (Å²) >= 11 is 0. The van der Waals surface area contributed by atoms with Crippen molar-refractivity contribution in [3.05, 3.63) is 23.8 Å². The molecule has 30 heavy (non-hydrogen) atoms. The summed E-state index contributed by atoms with van der Waals surface area (Å²) in [6.45, 7) is 3.36. The average Bonchev–Trinajstić information content (AvgIpc) is 2.77. The van der Waals surface area contributed by atoms with Crippen LogP contribution >= 0.6 is 0 Å². The lowest BCUT2D eigenvalue weighted by molar-refractivity contribution is -0.153. The molecule has 1 aromatic rings. The van der Waals surface area contributed by atoms with Gasteiger partial charge in [-0.05, 0) is 50.4 Å². The van der Waals surface area contributed by atoms with Gasteiger partial charge in [-0.25, -0.2) is 9.97 Å². The first-order valence-corrected chi connectivity index (χ1v) is 12.0. The minimum Gasteiger partial charge on any atom is -0.338 e. The Labute approximate surface area is 179 Å². The lowest BCUT2D eigenvalue weighted by atomic mass is 9.69. The third kappa shape index (κ3) is 3.74. The number of nitrogens with zero attached hydrogens (tertiary/aromatic N) is 4. The van der Waals surface area contributed by atoms with Crippen LogP contribution in [0.15, 0.2) is 12.4 Å². The zero-order valence-corrected chi connectivity index (χ0v) is 18.1. The molecule has 0 spiro atoms. The molecule has 2 amide bonds. The average molecular weight is 411 g/mol. The number of amides is 2. The van der Waals surface area contributed by atoms with Gasteiger partial charge in [0.25, 0.3) is 5.91 Å². The van der Waals surface area contributed by atoms with Crippen molar-refractivity contribution in [3.63, 3.8) is 0 Å². The highest BCUT2D eigenvalue weighted by Gasteiger charge is 2.50. The molecular weight excluding hydrogens is 376 g/mol. The van der Waals surface area contributed by atoms with Gasteiger partial charge in [0, 0.05) is 44.0 Å². The maximum atomic E-state index is 13.2. The number of carbonyl (C=O) groups is 2. The summed E-state index contributed by atoms with van der Waals surface area (Å²) < 4.78 is 0. The van der Waals surface area contributed by atoms with Gasteiger partial charge in [0.1, 0.15) is 5.82 Å². The Balaban J connectivity index is 1.39. The van der Waals surface area contributed by atoms with Gasteiger partial charge in [0.2, 0.25) is 5.91 Å². The van der Waals surface area contributed by atoms with Crippen molar-refractivity contribution in [2.24, 2.45) is 17.8 Å². The summed E-state index contributed by atoms with van der Waals surface area (Å²) in [5.41, 5.74) is 0.584. The van der Waals surface area contributed by atoms with Crippen LogP contribution in [0.4, 0.5) is 0 Å². The summed E-state index contributed by atoms with van der Waals surface area (Å²) in [5, 5.41) is 0. The smallest absolute Gasteiger partial charge is 0.257 e. The van der Waals surface area contributed by atoms with Gasteiger partial charge in [-0.1, -0.05) is 32.1 Å². The Kier molecular flexibility index (Phi) is 5.50. The van der Waals surface area contributed by atoms with E-state index in [1.807, 2.05) is 11.8 Å². The standard InChI is InChI=1S/C24H34N4O2/c1-16-25-12-20(13-26-16)24(30)27-14-18-11-19(15-27)22(10-17-6-3-2-4-7-17)28-21(18)8-5-9-23(28)29/h12-13,17-19,21-22H,2-11,14-15H2,1H3/t18-,19+,21+,22+/m1/s1. The normalized spacial score (nSPS) is 32.1. The zero-order valence-electron chi connectivity index (χ0n) is 18.1. The van der Waals surface area contributed by atoms with Gasteiger partial charge < -0.3 is 9.80 Å². The number of hydrogen-bond donors (Lipinski definition) is 0. The van der Waals surface area contributed by atoms with E-state index in [1.165, 1.54) is 38.5 Å². The van der Waals surface area contributed by atoms with Crippen LogP contribution in [0.5, 0.6) is 0 Å². The van der Waals surface area contributed by atoms with Crippen molar-refractivity contribution in [2.45, 2.75) is 83.2 Å². The lowest BCUT2D eigenvalue weighted by Crippen LogP contribution is -2.65. The maximum absolute atomic E-state index is 13.2. The topological polar surface area (TPSA) is 66.4 Å². The van der Waals surface area contributed by atoms with Crippen LogP contribution in [-0.4, -0.2) is 56.8 Å². The van der Waals surface area contributed by atoms with Crippen molar-refractivity contribution in [1.29, 1.82) is 0 Å². The van der Waals surface area contributed by atoms with Crippen LogP contribution in [0, 0.1) is 24.7 Å². The van der Waals surface area contributed by atoms with E-state index in [2.05, 4.69) is 14.9 Å². The minimum atomic E-state index is 0.0525. The van der Waals surface area contributed by atoms with E-state index >= 15 is 0 Å². The van der Waals surface area contributed by atoms with Gasteiger partial charge >= 0.3 is 0 Å². The number of piperidine rings is 3. The van der Waals surface area contributed by atoms with Crippen LogP contribution in [0.3, 0.4) is 0 Å². The second-order valence-electron chi connectivity index (χ2n) is 10.1. The Morgan fingerprint density at radius 3 is 2.53 bits per heavy atom. The van der Waals surface area contributed by atoms with Crippen LogP contribution in [0.1, 0.15) is 80.4 Å². The Bertz CT molecular complexity index is 789. The van der Waals surface area contributed by atoms with Gasteiger partial charge in [-0.15, -0.1) is 0 Å². The van der Waals surface area contributed by atoms with Crippen LogP contribution < -0.4 is 0 Å². The number of likely N-dealkylation sites (tertiary alicyclic amines) is 1. The van der Waals surface area contributed by atoms with E-state index in [1.54, 1.807) is 12.4 Å². The Morgan fingerprint density at radius 1 is 1.03 bits per heavy atom. The molecule has 2 bridgehead atoms. The zero-order chi connectivity index (χ0) is 20.7. The first kappa shape index (κ1) is 20.0. The summed E-state index contributed by atoms with van der Waals surface area (Å²) in [7, 11) is 0. The molecule has 162 valence electrons. The molecule has 6 nitrogen and oxygen atoms in total. The SMILES string of the molecule is Cc1ncc(C(=O)N2C[C@H]3C[C@@H](C2)[C@H](CC2CCCCC2)N2C(=O)CCC[C@@H]32)cn1. The van der Waals surface area contributed by atoms with E-state index in [4.69, 9.17) is 0 Å². The maximum Gasteiger partial charge on any atom is 0.257 e. The predicted molar refractivity (Wildman–Crippen MR) is 114 cm³/mol. The minimum absolute atomic E-state index is 0.0525. The third-order valence-corrected chi connectivity index (χ3v) is 8.11. The van der Waals surface area contributed by atoms with E-state index in [-0.39, 0.29) is 5.91 Å². The molecule has 3 aliphatic heterocycles. The number of carbonyl (C=O) groups excluding carboxylic acids is 2. The first-order valence-electron chi connectivity index (χ1n) is 12.0. The molecule has 1 aliphatic carbocycles. The van der Waals surface area contributed by atoms with Crippen LogP contribution in [-0.2, 0) is 4.79 Å².